The molecule has 0 aromatic heterocycles. The van der Waals surface area contributed by atoms with Crippen LogP contribution in [0.15, 0.2) is 0 Å². The number of nitrogens with zero attached hydrogens (tertiary/aromatic N) is 2. The Labute approximate surface area is 141 Å². The van der Waals surface area contributed by atoms with Crippen LogP contribution in [0.2, 0.25) is 0 Å². The average Bonchev–Trinajstić information content (AvgIpc) is 2.41. The van der Waals surface area contributed by atoms with Gasteiger partial charge in [0.15, 0.2) is 0 Å². The van der Waals surface area contributed by atoms with Crippen LogP contribution in [0.4, 0.5) is 0 Å². The Kier molecular flexibility index (Phi) is 9.87. The van der Waals surface area contributed by atoms with E-state index >= 15 is 0 Å². The van der Waals surface area contributed by atoms with Gasteiger partial charge in [0.05, 0.1) is 0 Å². The SMILES string of the molecule is CC(C)N1CCN(C(=O)CC2CCC(N)CC2)CC1.Cl.Cl. The lowest BCUT2D eigenvalue weighted by Gasteiger charge is -2.37. The second-order valence-electron chi connectivity index (χ2n) is 6.50. The highest BCUT2D eigenvalue weighted by Crippen LogP contribution is 2.26. The summed E-state index contributed by atoms with van der Waals surface area (Å²) in [5, 5.41) is 0. The van der Waals surface area contributed by atoms with Crippen LogP contribution in [0.5, 0.6) is 0 Å². The molecule has 0 radical (unpaired) electrons. The van der Waals surface area contributed by atoms with Crippen LogP contribution < -0.4 is 5.73 Å². The first kappa shape index (κ1) is 21.0. The Bertz CT molecular complexity index is 299. The van der Waals surface area contributed by atoms with Crippen LogP contribution >= 0.6 is 24.8 Å². The van der Waals surface area contributed by atoms with E-state index in [4.69, 9.17) is 5.73 Å². The van der Waals surface area contributed by atoms with Crippen LogP contribution in [0.25, 0.3) is 0 Å². The van der Waals surface area contributed by atoms with Crippen molar-refractivity contribution in [3.63, 3.8) is 0 Å². The molecule has 0 aromatic rings. The maximum Gasteiger partial charge on any atom is 0.222 e. The van der Waals surface area contributed by atoms with Crippen LogP contribution in [0.3, 0.4) is 0 Å². The molecule has 21 heavy (non-hydrogen) atoms. The van der Waals surface area contributed by atoms with E-state index in [1.807, 2.05) is 0 Å². The van der Waals surface area contributed by atoms with E-state index in [-0.39, 0.29) is 24.8 Å². The molecule has 126 valence electrons. The Morgan fingerprint density at radius 1 is 1.05 bits per heavy atom. The third-order valence-corrected chi connectivity index (χ3v) is 4.75. The molecule has 1 aliphatic heterocycles. The molecule has 0 aromatic carbocycles. The van der Waals surface area contributed by atoms with E-state index in [1.54, 1.807) is 0 Å². The van der Waals surface area contributed by atoms with Crippen molar-refractivity contribution in [3.05, 3.63) is 0 Å². The zero-order chi connectivity index (χ0) is 13.8. The van der Waals surface area contributed by atoms with E-state index in [0.717, 1.165) is 58.3 Å². The smallest absolute Gasteiger partial charge is 0.222 e. The Hall–Kier alpha value is -0.0300. The summed E-state index contributed by atoms with van der Waals surface area (Å²) in [7, 11) is 0. The van der Waals surface area contributed by atoms with Gasteiger partial charge in [0.1, 0.15) is 0 Å². The van der Waals surface area contributed by atoms with E-state index < -0.39 is 0 Å². The van der Waals surface area contributed by atoms with Crippen molar-refractivity contribution >= 4 is 30.7 Å². The minimum atomic E-state index is 0. The van der Waals surface area contributed by atoms with Gasteiger partial charge in [-0.1, -0.05) is 0 Å². The van der Waals surface area contributed by atoms with Gasteiger partial charge in [-0.2, -0.15) is 0 Å². The van der Waals surface area contributed by atoms with E-state index in [9.17, 15) is 4.79 Å². The number of nitrogens with two attached hydrogens (primary N) is 1. The number of carbonyl (C=O) groups is 1. The second kappa shape index (κ2) is 9.88. The Morgan fingerprint density at radius 3 is 2.05 bits per heavy atom. The standard InChI is InChI=1S/C15H29N3O.2ClH/c1-12(2)17-7-9-18(10-8-17)15(19)11-13-3-5-14(16)6-4-13;;/h12-14H,3-11,16H2,1-2H3;2*1H. The molecule has 1 aliphatic carbocycles. The van der Waals surface area contributed by atoms with Gasteiger partial charge in [0, 0.05) is 44.7 Å². The zero-order valence-electron chi connectivity index (χ0n) is 13.3. The lowest BCUT2D eigenvalue weighted by molar-refractivity contribution is -0.134. The molecule has 1 amide bonds. The number of piperazine rings is 1. The Morgan fingerprint density at radius 2 is 1.57 bits per heavy atom. The molecule has 0 unspecified atom stereocenters. The van der Waals surface area contributed by atoms with Crippen LogP contribution in [0, 0.1) is 5.92 Å². The van der Waals surface area contributed by atoms with Gasteiger partial charge in [-0.3, -0.25) is 9.69 Å². The first-order valence-corrected chi connectivity index (χ1v) is 7.83. The third-order valence-electron chi connectivity index (χ3n) is 4.75. The fourth-order valence-corrected chi connectivity index (χ4v) is 3.26. The minimum Gasteiger partial charge on any atom is -0.340 e. The van der Waals surface area contributed by atoms with Gasteiger partial charge in [-0.05, 0) is 45.4 Å². The number of rotatable bonds is 3. The molecule has 1 saturated heterocycles. The van der Waals surface area contributed by atoms with Crippen molar-refractivity contribution in [2.75, 3.05) is 26.2 Å². The number of amides is 1. The summed E-state index contributed by atoms with van der Waals surface area (Å²) in [4.78, 5) is 16.8. The highest BCUT2D eigenvalue weighted by Gasteiger charge is 2.26. The highest BCUT2D eigenvalue weighted by atomic mass is 35.5. The maximum absolute atomic E-state index is 12.3. The van der Waals surface area contributed by atoms with E-state index in [1.165, 1.54) is 0 Å². The number of carbonyl (C=O) groups excluding carboxylic acids is 1. The summed E-state index contributed by atoms with van der Waals surface area (Å²) in [6.45, 7) is 8.32. The van der Waals surface area contributed by atoms with Gasteiger partial charge in [0.2, 0.25) is 5.91 Å². The normalized spacial score (nSPS) is 27.0. The zero-order valence-corrected chi connectivity index (χ0v) is 14.9. The molecule has 0 spiro atoms. The summed E-state index contributed by atoms with van der Waals surface area (Å²) in [6.07, 6.45) is 5.21. The molecule has 2 fully saturated rings. The van der Waals surface area contributed by atoms with Gasteiger partial charge in [-0.15, -0.1) is 24.8 Å². The summed E-state index contributed by atoms with van der Waals surface area (Å²) in [5.74, 6) is 0.944. The average molecular weight is 340 g/mol. The maximum atomic E-state index is 12.3. The molecule has 0 atom stereocenters. The van der Waals surface area contributed by atoms with Crippen molar-refractivity contribution in [2.45, 2.75) is 58.0 Å². The number of hydrogen-bond acceptors (Lipinski definition) is 3. The molecule has 2 N–H and O–H groups in total. The number of hydrogen-bond donors (Lipinski definition) is 1. The fourth-order valence-electron chi connectivity index (χ4n) is 3.26. The van der Waals surface area contributed by atoms with Crippen LogP contribution in [-0.2, 0) is 4.79 Å². The lowest BCUT2D eigenvalue weighted by Crippen LogP contribution is -2.51. The van der Waals surface area contributed by atoms with Crippen molar-refractivity contribution in [1.82, 2.24) is 9.80 Å². The topological polar surface area (TPSA) is 49.6 Å². The van der Waals surface area contributed by atoms with Crippen LogP contribution in [0.1, 0.15) is 46.0 Å². The predicted molar refractivity (Wildman–Crippen MR) is 92.3 cm³/mol. The molecule has 4 nitrogen and oxygen atoms in total. The summed E-state index contributed by atoms with van der Waals surface area (Å²) < 4.78 is 0. The monoisotopic (exact) mass is 339 g/mol. The molecular weight excluding hydrogens is 309 g/mol. The predicted octanol–water partition coefficient (Wildman–Crippen LogP) is 2.29. The van der Waals surface area contributed by atoms with Crippen molar-refractivity contribution in [2.24, 2.45) is 11.7 Å². The van der Waals surface area contributed by atoms with E-state index in [0.29, 0.717) is 23.9 Å². The summed E-state index contributed by atoms with van der Waals surface area (Å²) in [5.41, 5.74) is 5.91. The lowest BCUT2D eigenvalue weighted by atomic mass is 9.84. The second-order valence-corrected chi connectivity index (χ2v) is 6.50. The van der Waals surface area contributed by atoms with Gasteiger partial charge < -0.3 is 10.6 Å². The van der Waals surface area contributed by atoms with Crippen molar-refractivity contribution < 1.29 is 4.79 Å². The highest BCUT2D eigenvalue weighted by molar-refractivity contribution is 5.85. The molecule has 0 bridgehead atoms. The fraction of sp³-hybridized carbons (Fsp3) is 0.933. The van der Waals surface area contributed by atoms with Crippen LogP contribution in [-0.4, -0.2) is 54.0 Å². The van der Waals surface area contributed by atoms with Gasteiger partial charge >= 0.3 is 0 Å². The molecule has 1 saturated carbocycles. The quantitative estimate of drug-likeness (QED) is 0.858. The Balaban J connectivity index is 0.00000200. The van der Waals surface area contributed by atoms with Crippen molar-refractivity contribution in [1.29, 1.82) is 0 Å². The third kappa shape index (κ3) is 6.31. The first-order chi connectivity index (χ1) is 9.06. The summed E-state index contributed by atoms with van der Waals surface area (Å²) >= 11 is 0. The molecule has 6 heteroatoms. The molecule has 2 rings (SSSR count). The molecular formula is C15H31Cl2N3O. The molecule has 2 aliphatic rings. The molecule has 1 heterocycles. The summed E-state index contributed by atoms with van der Waals surface area (Å²) in [6, 6.07) is 0.970. The van der Waals surface area contributed by atoms with Gasteiger partial charge in [0.25, 0.3) is 0 Å². The first-order valence-electron chi connectivity index (χ1n) is 7.83. The van der Waals surface area contributed by atoms with Crippen molar-refractivity contribution in [3.8, 4) is 0 Å². The van der Waals surface area contributed by atoms with Gasteiger partial charge in [-0.25, -0.2) is 0 Å². The number of halogens is 2. The largest absolute Gasteiger partial charge is 0.340 e. The van der Waals surface area contributed by atoms with E-state index in [2.05, 4.69) is 23.6 Å². The minimum absolute atomic E-state index is 0.